The van der Waals surface area contributed by atoms with Gasteiger partial charge in [0.1, 0.15) is 0 Å². The summed E-state index contributed by atoms with van der Waals surface area (Å²) in [5.74, 6) is 0.327. The van der Waals surface area contributed by atoms with Crippen LogP contribution in [0.2, 0.25) is 0 Å². The van der Waals surface area contributed by atoms with E-state index in [9.17, 15) is 30.3 Å². The predicted molar refractivity (Wildman–Crippen MR) is 133 cm³/mol. The van der Waals surface area contributed by atoms with Crippen LogP contribution >= 0.6 is 0 Å². The molecule has 0 saturated heterocycles. The van der Waals surface area contributed by atoms with Gasteiger partial charge in [-0.3, -0.25) is 30.3 Å². The summed E-state index contributed by atoms with van der Waals surface area (Å²) in [5, 5.41) is 41.5. The zero-order chi connectivity index (χ0) is 27.3. The van der Waals surface area contributed by atoms with Crippen LogP contribution in [0, 0.1) is 30.3 Å². The monoisotopic (exact) mass is 510 g/mol. The molecule has 0 spiro atoms. The molecule has 0 amide bonds. The number of fused-ring (bicyclic) bond motifs is 1. The number of aromatic hydroxyl groups is 1. The smallest absolute Gasteiger partial charge is 0.324 e. The largest absolute Gasteiger partial charge is 0.497 e. The van der Waals surface area contributed by atoms with Crippen molar-refractivity contribution < 1.29 is 29.4 Å². The first-order chi connectivity index (χ1) is 17.6. The zero-order valence-corrected chi connectivity index (χ0v) is 20.0. The third kappa shape index (κ3) is 5.73. The fourth-order valence-corrected chi connectivity index (χ4v) is 3.69. The molecule has 0 aliphatic carbocycles. The van der Waals surface area contributed by atoms with Gasteiger partial charge in [0, 0.05) is 24.7 Å². The van der Waals surface area contributed by atoms with Crippen molar-refractivity contribution >= 4 is 28.0 Å². The first kappa shape index (κ1) is 26.4. The van der Waals surface area contributed by atoms with Crippen molar-refractivity contribution in [1.82, 2.24) is 4.57 Å². The summed E-state index contributed by atoms with van der Waals surface area (Å²) < 4.78 is 12.9. The highest BCUT2D eigenvalue weighted by molar-refractivity contribution is 5.81. The van der Waals surface area contributed by atoms with E-state index in [1.807, 2.05) is 12.1 Å². The summed E-state index contributed by atoms with van der Waals surface area (Å²) in [6.45, 7) is 0. The van der Waals surface area contributed by atoms with Gasteiger partial charge in [0.25, 0.3) is 11.4 Å². The number of aromatic nitrogens is 1. The van der Waals surface area contributed by atoms with Gasteiger partial charge in [-0.1, -0.05) is 24.3 Å². The molecule has 0 unspecified atom stereocenters. The number of aryl methyl sites for hydroxylation is 1. The Morgan fingerprint density at radius 1 is 0.811 bits per heavy atom. The molecular weight excluding hydrogens is 488 g/mol. The number of phenolic OH excluding ortho intramolecular Hbond substituents is 1. The van der Waals surface area contributed by atoms with Crippen LogP contribution in [-0.2, 0) is 13.5 Å². The number of hydrogen-bond donors (Lipinski definition) is 1. The predicted octanol–water partition coefficient (Wildman–Crippen LogP) is 4.90. The van der Waals surface area contributed by atoms with Crippen LogP contribution in [0.25, 0.3) is 10.9 Å². The Morgan fingerprint density at radius 3 is 1.92 bits per heavy atom. The van der Waals surface area contributed by atoms with Crippen LogP contribution in [-0.4, -0.2) is 38.7 Å². The fourth-order valence-electron chi connectivity index (χ4n) is 3.69. The topological polar surface area (TPSA) is 173 Å². The van der Waals surface area contributed by atoms with Gasteiger partial charge in [-0.25, -0.2) is 0 Å². The van der Waals surface area contributed by atoms with Gasteiger partial charge < -0.3 is 19.1 Å². The number of nitro groups is 3. The Labute approximate surface area is 209 Å². The third-order valence-corrected chi connectivity index (χ3v) is 5.54. The van der Waals surface area contributed by atoms with Crippen LogP contribution in [0.4, 0.5) is 17.1 Å². The number of hydrogen-bond acceptors (Lipinski definition) is 9. The molecule has 37 heavy (non-hydrogen) atoms. The molecule has 4 aromatic rings. The average Bonchev–Trinajstić information content (AvgIpc) is 3.19. The maximum atomic E-state index is 10.4. The van der Waals surface area contributed by atoms with Gasteiger partial charge in [-0.15, -0.1) is 0 Å². The second kappa shape index (κ2) is 11.0. The maximum absolute atomic E-state index is 10.4. The van der Waals surface area contributed by atoms with Gasteiger partial charge in [0.15, 0.2) is 11.5 Å². The van der Waals surface area contributed by atoms with E-state index < -0.39 is 37.6 Å². The highest BCUT2D eigenvalue weighted by Crippen LogP contribution is 2.39. The minimum absolute atomic E-state index is 0.447. The molecule has 0 aliphatic rings. The highest BCUT2D eigenvalue weighted by Gasteiger charge is 2.30. The normalized spacial score (nSPS) is 10.4. The number of nitrogens with zero attached hydrogens (tertiary/aromatic N) is 4. The van der Waals surface area contributed by atoms with Crippen molar-refractivity contribution in [2.45, 2.75) is 6.42 Å². The second-order valence-corrected chi connectivity index (χ2v) is 7.72. The SMILES string of the molecule is COc1ccc(Cc2cc3ccccc3n2C)cc1OC.O=[N+]([O-])c1cc([N+](=O)[O-])c(O)c([N+](=O)[O-])c1. The van der Waals surface area contributed by atoms with Crippen molar-refractivity contribution in [2.75, 3.05) is 14.2 Å². The number of nitro benzene ring substituents is 3. The molecule has 0 saturated carbocycles. The molecule has 192 valence electrons. The molecule has 3 aromatic carbocycles. The van der Waals surface area contributed by atoms with Crippen molar-refractivity contribution in [3.63, 3.8) is 0 Å². The van der Waals surface area contributed by atoms with Crippen LogP contribution in [0.5, 0.6) is 17.2 Å². The summed E-state index contributed by atoms with van der Waals surface area (Å²) in [6, 6.07) is 17.6. The number of phenols is 1. The molecule has 0 atom stereocenters. The molecule has 0 fully saturated rings. The highest BCUT2D eigenvalue weighted by atomic mass is 16.6. The molecule has 1 heterocycles. The lowest BCUT2D eigenvalue weighted by Gasteiger charge is -2.10. The van der Waals surface area contributed by atoms with E-state index in [4.69, 9.17) is 14.6 Å². The summed E-state index contributed by atoms with van der Waals surface area (Å²) in [6.07, 6.45) is 0.867. The van der Waals surface area contributed by atoms with E-state index in [1.54, 1.807) is 14.2 Å². The molecule has 1 aromatic heterocycles. The average molecular weight is 510 g/mol. The Balaban J connectivity index is 0.000000214. The number of para-hydroxylation sites is 1. The van der Waals surface area contributed by atoms with E-state index in [0.29, 0.717) is 12.1 Å². The molecule has 0 bridgehead atoms. The summed E-state index contributed by atoms with van der Waals surface area (Å²) in [7, 11) is 5.43. The van der Waals surface area contributed by atoms with Gasteiger partial charge in [-0.2, -0.15) is 0 Å². The number of benzene rings is 3. The lowest BCUT2D eigenvalue weighted by molar-refractivity contribution is -0.404. The van der Waals surface area contributed by atoms with Crippen LogP contribution in [0.3, 0.4) is 0 Å². The third-order valence-electron chi connectivity index (χ3n) is 5.54. The maximum Gasteiger partial charge on any atom is 0.324 e. The molecule has 1 N–H and O–H groups in total. The van der Waals surface area contributed by atoms with E-state index in [-0.39, 0.29) is 0 Å². The quantitative estimate of drug-likeness (QED) is 0.268. The summed E-state index contributed by atoms with van der Waals surface area (Å²) >= 11 is 0. The fraction of sp³-hybridized carbons (Fsp3) is 0.167. The van der Waals surface area contributed by atoms with Crippen molar-refractivity contribution in [3.8, 4) is 17.2 Å². The van der Waals surface area contributed by atoms with E-state index in [0.717, 1.165) is 17.9 Å². The van der Waals surface area contributed by atoms with E-state index in [1.165, 1.54) is 22.2 Å². The lowest BCUT2D eigenvalue weighted by atomic mass is 10.1. The molecule has 0 aliphatic heterocycles. The molecule has 4 rings (SSSR count). The number of ether oxygens (including phenoxy) is 2. The molecule has 13 heteroatoms. The zero-order valence-electron chi connectivity index (χ0n) is 20.0. The van der Waals surface area contributed by atoms with Gasteiger partial charge in [0.2, 0.25) is 0 Å². The van der Waals surface area contributed by atoms with E-state index >= 15 is 0 Å². The number of methoxy groups -OCH3 is 2. The number of non-ortho nitro benzene ring substituents is 1. The van der Waals surface area contributed by atoms with Crippen molar-refractivity contribution in [2.24, 2.45) is 7.05 Å². The minimum Gasteiger partial charge on any atom is -0.497 e. The Bertz CT molecular complexity index is 1460. The van der Waals surface area contributed by atoms with Crippen molar-refractivity contribution in [1.29, 1.82) is 0 Å². The first-order valence-electron chi connectivity index (χ1n) is 10.6. The Hall–Kier alpha value is -5.20. The standard InChI is InChI=1S/C18H19NO2.C6H3N3O7/c1-19-15(12-14-6-4-5-7-16(14)19)10-13-8-9-17(20-2)18(11-13)21-3;10-6-4(8(13)14)1-3(7(11)12)2-5(6)9(15)16/h4-9,11-12H,10H2,1-3H3;1-2,10H. The Kier molecular flexibility index (Phi) is 7.87. The second-order valence-electron chi connectivity index (χ2n) is 7.72. The van der Waals surface area contributed by atoms with Crippen LogP contribution in [0.1, 0.15) is 11.3 Å². The molecule has 0 radical (unpaired) electrons. The van der Waals surface area contributed by atoms with Crippen LogP contribution < -0.4 is 9.47 Å². The number of rotatable bonds is 7. The van der Waals surface area contributed by atoms with Crippen LogP contribution in [0.15, 0.2) is 60.7 Å². The lowest BCUT2D eigenvalue weighted by Crippen LogP contribution is -1.98. The van der Waals surface area contributed by atoms with Gasteiger partial charge >= 0.3 is 11.4 Å². The summed E-state index contributed by atoms with van der Waals surface area (Å²) in [4.78, 5) is 27.8. The molecular formula is C24H22N4O9. The Morgan fingerprint density at radius 2 is 1.41 bits per heavy atom. The van der Waals surface area contributed by atoms with Gasteiger partial charge in [-0.05, 0) is 35.2 Å². The molecule has 13 nitrogen and oxygen atoms in total. The van der Waals surface area contributed by atoms with Crippen molar-refractivity contribution in [3.05, 3.63) is 102 Å². The first-order valence-corrected chi connectivity index (χ1v) is 10.6. The van der Waals surface area contributed by atoms with Gasteiger partial charge in [0.05, 0.1) is 41.1 Å². The summed E-state index contributed by atoms with van der Waals surface area (Å²) in [5.41, 5.74) is 0.743. The minimum atomic E-state index is -1.21. The van der Waals surface area contributed by atoms with E-state index in [2.05, 4.69) is 48.0 Å².